The van der Waals surface area contributed by atoms with Gasteiger partial charge in [0.2, 0.25) is 0 Å². The number of hydrogen-bond donors (Lipinski definition) is 1. The van der Waals surface area contributed by atoms with Crippen molar-refractivity contribution in [1.82, 2.24) is 5.32 Å². The Morgan fingerprint density at radius 3 is 3.00 bits per heavy atom. The van der Waals surface area contributed by atoms with E-state index in [-0.39, 0.29) is 0 Å². The molecular weight excluding hydrogens is 170 g/mol. The maximum absolute atomic E-state index is 5.09. The summed E-state index contributed by atoms with van der Waals surface area (Å²) in [6.07, 6.45) is 1.21. The molecule has 0 saturated carbocycles. The number of methoxy groups -OCH3 is 1. The summed E-state index contributed by atoms with van der Waals surface area (Å²) in [7, 11) is 1.78. The van der Waals surface area contributed by atoms with Crippen LogP contribution in [0.4, 0.5) is 0 Å². The third-order valence-electron chi connectivity index (χ3n) is 2.36. The molecule has 0 amide bonds. The van der Waals surface area contributed by atoms with Crippen LogP contribution in [0.3, 0.4) is 0 Å². The Morgan fingerprint density at radius 1 is 1.50 bits per heavy atom. The molecule has 1 aliphatic rings. The van der Waals surface area contributed by atoms with Crippen LogP contribution in [-0.2, 0) is 4.74 Å². The van der Waals surface area contributed by atoms with Crippen LogP contribution in [0.25, 0.3) is 0 Å². The van der Waals surface area contributed by atoms with Gasteiger partial charge in [-0.3, -0.25) is 0 Å². The molecule has 0 aromatic carbocycles. The molecule has 1 heterocycles. The Morgan fingerprint density at radius 2 is 2.33 bits per heavy atom. The summed E-state index contributed by atoms with van der Waals surface area (Å²) in [4.78, 5) is 0. The molecule has 0 radical (unpaired) electrons. The van der Waals surface area contributed by atoms with E-state index in [1.807, 2.05) is 0 Å². The molecular formula is C9H19NOS. The lowest BCUT2D eigenvalue weighted by molar-refractivity contribution is 0.175. The van der Waals surface area contributed by atoms with E-state index in [2.05, 4.69) is 24.0 Å². The van der Waals surface area contributed by atoms with Gasteiger partial charge >= 0.3 is 0 Å². The van der Waals surface area contributed by atoms with Crippen molar-refractivity contribution < 1.29 is 4.74 Å². The molecule has 0 aromatic heterocycles. The summed E-state index contributed by atoms with van der Waals surface area (Å²) in [5.41, 5.74) is 0. The van der Waals surface area contributed by atoms with Crippen molar-refractivity contribution in [1.29, 1.82) is 0 Å². The molecule has 1 N–H and O–H groups in total. The molecule has 0 spiro atoms. The van der Waals surface area contributed by atoms with E-state index in [0.29, 0.717) is 0 Å². The lowest BCUT2D eigenvalue weighted by Crippen LogP contribution is -2.35. The topological polar surface area (TPSA) is 21.3 Å². The van der Waals surface area contributed by atoms with Crippen molar-refractivity contribution in [2.45, 2.75) is 19.4 Å². The molecule has 1 fully saturated rings. The van der Waals surface area contributed by atoms with Crippen LogP contribution < -0.4 is 5.32 Å². The van der Waals surface area contributed by atoms with E-state index < -0.39 is 0 Å². The van der Waals surface area contributed by atoms with E-state index >= 15 is 0 Å². The molecule has 1 rings (SSSR count). The minimum absolute atomic E-state index is 0.732. The Labute approximate surface area is 79.4 Å². The van der Waals surface area contributed by atoms with Gasteiger partial charge in [0.05, 0.1) is 0 Å². The minimum Gasteiger partial charge on any atom is -0.385 e. The van der Waals surface area contributed by atoms with Gasteiger partial charge in [-0.05, 0) is 24.6 Å². The number of nitrogens with one attached hydrogen (secondary N) is 1. The number of rotatable bonds is 5. The average Bonchev–Trinajstić information content (AvgIpc) is 2.50. The molecule has 3 heteroatoms. The fourth-order valence-electron chi connectivity index (χ4n) is 1.64. The first-order valence-electron chi connectivity index (χ1n) is 4.68. The minimum atomic E-state index is 0.732. The van der Waals surface area contributed by atoms with E-state index in [1.165, 1.54) is 17.9 Å². The summed E-state index contributed by atoms with van der Waals surface area (Å²) < 4.78 is 5.09. The zero-order valence-corrected chi connectivity index (χ0v) is 8.82. The fourth-order valence-corrected chi connectivity index (χ4v) is 3.12. The van der Waals surface area contributed by atoms with Gasteiger partial charge < -0.3 is 10.1 Å². The van der Waals surface area contributed by atoms with Gasteiger partial charge in [-0.15, -0.1) is 0 Å². The average molecular weight is 189 g/mol. The van der Waals surface area contributed by atoms with Crippen LogP contribution in [0.5, 0.6) is 0 Å². The lowest BCUT2D eigenvalue weighted by Gasteiger charge is -2.18. The number of hydrogen-bond acceptors (Lipinski definition) is 3. The van der Waals surface area contributed by atoms with Crippen molar-refractivity contribution in [3.05, 3.63) is 0 Å². The highest BCUT2D eigenvalue weighted by molar-refractivity contribution is 7.99. The summed E-state index contributed by atoms with van der Waals surface area (Å²) in [5, 5.41) is 3.53. The Hall–Kier alpha value is 0.270. The van der Waals surface area contributed by atoms with Gasteiger partial charge in [0, 0.05) is 25.5 Å². The molecule has 0 aromatic rings. The van der Waals surface area contributed by atoms with Crippen LogP contribution in [-0.4, -0.2) is 37.8 Å². The molecule has 0 aliphatic carbocycles. The second-order valence-corrected chi connectivity index (χ2v) is 4.32. The van der Waals surface area contributed by atoms with Crippen molar-refractivity contribution in [3.8, 4) is 0 Å². The Balaban J connectivity index is 2.20. The summed E-state index contributed by atoms with van der Waals surface area (Å²) in [5.74, 6) is 3.42. The smallest absolute Gasteiger partial charge is 0.0465 e. The Kier molecular flexibility index (Phi) is 5.04. The first kappa shape index (κ1) is 10.4. The summed E-state index contributed by atoms with van der Waals surface area (Å²) >= 11 is 2.06. The first-order valence-corrected chi connectivity index (χ1v) is 5.84. The van der Waals surface area contributed by atoms with E-state index in [9.17, 15) is 0 Å². The van der Waals surface area contributed by atoms with E-state index in [1.54, 1.807) is 7.11 Å². The third kappa shape index (κ3) is 2.96. The molecule has 12 heavy (non-hydrogen) atoms. The molecule has 1 saturated heterocycles. The molecule has 2 atom stereocenters. The maximum Gasteiger partial charge on any atom is 0.0465 e. The van der Waals surface area contributed by atoms with Gasteiger partial charge in [0.15, 0.2) is 0 Å². The predicted octanol–water partition coefficient (Wildman–Crippen LogP) is 1.36. The normalized spacial score (nSPS) is 29.5. The zero-order valence-electron chi connectivity index (χ0n) is 8.01. The second-order valence-electron chi connectivity index (χ2n) is 3.24. The van der Waals surface area contributed by atoms with Crippen molar-refractivity contribution in [3.63, 3.8) is 0 Å². The van der Waals surface area contributed by atoms with Gasteiger partial charge in [-0.1, -0.05) is 6.92 Å². The third-order valence-corrected chi connectivity index (χ3v) is 3.62. The monoisotopic (exact) mass is 189 g/mol. The molecule has 1 aliphatic heterocycles. The van der Waals surface area contributed by atoms with E-state index in [0.717, 1.165) is 25.1 Å². The second kappa shape index (κ2) is 5.84. The zero-order chi connectivity index (χ0) is 8.81. The summed E-state index contributed by atoms with van der Waals surface area (Å²) in [6.45, 7) is 4.18. The quantitative estimate of drug-likeness (QED) is 0.705. The number of ether oxygens (including phenoxy) is 1. The predicted molar refractivity (Wildman–Crippen MR) is 54.8 cm³/mol. The highest BCUT2D eigenvalue weighted by Crippen LogP contribution is 2.26. The van der Waals surface area contributed by atoms with Gasteiger partial charge in [0.25, 0.3) is 0 Å². The fraction of sp³-hybridized carbons (Fsp3) is 1.00. The SMILES string of the molecule is CCNC1CSCC1CCOC. The molecule has 2 unspecified atom stereocenters. The van der Waals surface area contributed by atoms with Crippen molar-refractivity contribution in [2.24, 2.45) is 5.92 Å². The van der Waals surface area contributed by atoms with Crippen molar-refractivity contribution >= 4 is 11.8 Å². The maximum atomic E-state index is 5.09. The van der Waals surface area contributed by atoms with Crippen molar-refractivity contribution in [2.75, 3.05) is 31.8 Å². The van der Waals surface area contributed by atoms with Crippen LogP contribution >= 0.6 is 11.8 Å². The largest absolute Gasteiger partial charge is 0.385 e. The standard InChI is InChI=1S/C9H19NOS/c1-3-10-9-7-12-6-8(9)4-5-11-2/h8-10H,3-7H2,1-2H3. The van der Waals surface area contributed by atoms with Crippen LogP contribution in [0.1, 0.15) is 13.3 Å². The Bertz CT molecular complexity index is 121. The number of thioether (sulfide) groups is 1. The van der Waals surface area contributed by atoms with Crippen LogP contribution in [0, 0.1) is 5.92 Å². The highest BCUT2D eigenvalue weighted by atomic mass is 32.2. The van der Waals surface area contributed by atoms with Gasteiger partial charge in [0.1, 0.15) is 0 Å². The van der Waals surface area contributed by atoms with Crippen LogP contribution in [0.2, 0.25) is 0 Å². The molecule has 0 bridgehead atoms. The van der Waals surface area contributed by atoms with Gasteiger partial charge in [-0.2, -0.15) is 11.8 Å². The highest BCUT2D eigenvalue weighted by Gasteiger charge is 2.26. The molecule has 72 valence electrons. The summed E-state index contributed by atoms with van der Waals surface area (Å²) in [6, 6.07) is 0.732. The van der Waals surface area contributed by atoms with E-state index in [4.69, 9.17) is 4.74 Å². The van der Waals surface area contributed by atoms with Crippen LogP contribution in [0.15, 0.2) is 0 Å². The molecule has 2 nitrogen and oxygen atoms in total. The van der Waals surface area contributed by atoms with Gasteiger partial charge in [-0.25, -0.2) is 0 Å². The first-order chi connectivity index (χ1) is 5.88. The lowest BCUT2D eigenvalue weighted by atomic mass is 10.0.